The minimum atomic E-state index is -0.0559. The lowest BCUT2D eigenvalue weighted by atomic mass is 9.82. The van der Waals surface area contributed by atoms with Gasteiger partial charge in [0.15, 0.2) is 0 Å². The molecule has 6 aromatic rings. The quantitative estimate of drug-likeness (QED) is 0.271. The number of fused-ring (bicyclic) bond motifs is 4. The first-order chi connectivity index (χ1) is 17.1. The SMILES string of the molecule is CC1(C)c2ccccc2-c2ccc(-c3c(-c4ccc(-c5ccccc5)cc4)nc4occn34)cc21. The number of imidazole rings is 1. The van der Waals surface area contributed by atoms with Gasteiger partial charge in [0.05, 0.1) is 5.69 Å². The largest absolute Gasteiger partial charge is 0.432 e. The second-order valence-electron chi connectivity index (χ2n) is 9.74. The molecule has 0 spiro atoms. The van der Waals surface area contributed by atoms with Crippen molar-refractivity contribution in [1.82, 2.24) is 9.38 Å². The lowest BCUT2D eigenvalue weighted by Crippen LogP contribution is -2.14. The number of hydrogen-bond acceptors (Lipinski definition) is 2. The zero-order valence-electron chi connectivity index (χ0n) is 19.7. The van der Waals surface area contributed by atoms with E-state index in [0.717, 1.165) is 22.5 Å². The van der Waals surface area contributed by atoms with E-state index in [-0.39, 0.29) is 5.41 Å². The molecule has 0 amide bonds. The standard InChI is InChI=1S/C32H24N2O/c1-32(2)27-11-7-6-10-25(27)26-17-16-24(20-28(26)32)30-29(33-31-34(30)18-19-35-31)23-14-12-22(13-15-23)21-8-4-3-5-9-21/h3-20H,1-2H3. The van der Waals surface area contributed by atoms with Crippen LogP contribution < -0.4 is 0 Å². The fraction of sp³-hybridized carbons (Fsp3) is 0.0938. The molecule has 0 atom stereocenters. The zero-order chi connectivity index (χ0) is 23.6. The number of nitrogens with zero attached hydrogens (tertiary/aromatic N) is 2. The van der Waals surface area contributed by atoms with Gasteiger partial charge in [0.25, 0.3) is 0 Å². The minimum absolute atomic E-state index is 0.0559. The average Bonchev–Trinajstić information content (AvgIpc) is 3.56. The van der Waals surface area contributed by atoms with Gasteiger partial charge in [0.1, 0.15) is 12.0 Å². The molecule has 0 aliphatic heterocycles. The summed E-state index contributed by atoms with van der Waals surface area (Å²) in [7, 11) is 0. The molecule has 1 aliphatic rings. The summed E-state index contributed by atoms with van der Waals surface area (Å²) in [5.74, 6) is 0.602. The third-order valence-corrected chi connectivity index (χ3v) is 7.38. The van der Waals surface area contributed by atoms with E-state index < -0.39 is 0 Å². The molecule has 3 heteroatoms. The summed E-state index contributed by atoms with van der Waals surface area (Å²) in [4.78, 5) is 4.89. The van der Waals surface area contributed by atoms with Crippen LogP contribution in [0.15, 0.2) is 114 Å². The van der Waals surface area contributed by atoms with Crippen molar-refractivity contribution in [2.75, 3.05) is 0 Å². The highest BCUT2D eigenvalue weighted by Gasteiger charge is 2.35. The van der Waals surface area contributed by atoms with Gasteiger partial charge in [-0.2, -0.15) is 4.98 Å². The Morgan fingerprint density at radius 2 is 1.31 bits per heavy atom. The van der Waals surface area contributed by atoms with Crippen LogP contribution in [0.25, 0.3) is 50.6 Å². The number of aromatic nitrogens is 2. The second-order valence-corrected chi connectivity index (χ2v) is 9.74. The highest BCUT2D eigenvalue weighted by atomic mass is 16.3. The van der Waals surface area contributed by atoms with Gasteiger partial charge in [-0.25, -0.2) is 0 Å². The molecular formula is C32H24N2O. The van der Waals surface area contributed by atoms with Crippen molar-refractivity contribution in [3.8, 4) is 44.8 Å². The molecule has 2 heterocycles. The molecule has 3 nitrogen and oxygen atoms in total. The first kappa shape index (κ1) is 20.0. The summed E-state index contributed by atoms with van der Waals surface area (Å²) in [6, 6.07) is 34.6. The van der Waals surface area contributed by atoms with Gasteiger partial charge in [-0.3, -0.25) is 4.40 Å². The van der Waals surface area contributed by atoms with E-state index in [1.165, 1.54) is 33.4 Å². The zero-order valence-corrected chi connectivity index (χ0v) is 19.7. The summed E-state index contributed by atoms with van der Waals surface area (Å²) >= 11 is 0. The lowest BCUT2D eigenvalue weighted by Gasteiger charge is -2.22. The molecule has 0 unspecified atom stereocenters. The third-order valence-electron chi connectivity index (χ3n) is 7.38. The maximum atomic E-state index is 5.71. The normalized spacial score (nSPS) is 13.7. The van der Waals surface area contributed by atoms with E-state index in [4.69, 9.17) is 9.40 Å². The van der Waals surface area contributed by atoms with Gasteiger partial charge in [-0.05, 0) is 39.4 Å². The highest BCUT2D eigenvalue weighted by molar-refractivity contribution is 5.87. The number of rotatable bonds is 3. The van der Waals surface area contributed by atoms with Gasteiger partial charge >= 0.3 is 5.84 Å². The van der Waals surface area contributed by atoms with Gasteiger partial charge < -0.3 is 4.42 Å². The number of hydrogen-bond donors (Lipinski definition) is 0. The Kier molecular flexibility index (Phi) is 4.19. The number of benzene rings is 4. The Labute approximate surface area is 204 Å². The van der Waals surface area contributed by atoms with Crippen molar-refractivity contribution in [3.05, 3.63) is 121 Å². The Hall–Kier alpha value is -4.37. The summed E-state index contributed by atoms with van der Waals surface area (Å²) in [6.45, 7) is 4.63. The van der Waals surface area contributed by atoms with Crippen LogP contribution in [0, 0.1) is 0 Å². The van der Waals surface area contributed by atoms with E-state index in [2.05, 4.69) is 109 Å². The molecule has 1 aliphatic carbocycles. The summed E-state index contributed by atoms with van der Waals surface area (Å²) in [6.07, 6.45) is 3.65. The maximum Gasteiger partial charge on any atom is 0.306 e. The molecule has 168 valence electrons. The summed E-state index contributed by atoms with van der Waals surface area (Å²) < 4.78 is 7.76. The van der Waals surface area contributed by atoms with E-state index in [0.29, 0.717) is 5.84 Å². The third kappa shape index (κ3) is 2.95. The van der Waals surface area contributed by atoms with Crippen molar-refractivity contribution < 1.29 is 4.42 Å². The Balaban J connectivity index is 1.38. The molecule has 35 heavy (non-hydrogen) atoms. The molecule has 0 bridgehead atoms. The Morgan fingerprint density at radius 3 is 2.14 bits per heavy atom. The lowest BCUT2D eigenvalue weighted by molar-refractivity contribution is 0.596. The summed E-state index contributed by atoms with van der Waals surface area (Å²) in [5.41, 5.74) is 11.9. The van der Waals surface area contributed by atoms with Gasteiger partial charge in [0, 0.05) is 22.7 Å². The predicted octanol–water partition coefficient (Wildman–Crippen LogP) is 8.23. The topological polar surface area (TPSA) is 30.4 Å². The van der Waals surface area contributed by atoms with Crippen molar-refractivity contribution in [1.29, 1.82) is 0 Å². The van der Waals surface area contributed by atoms with Crippen LogP contribution in [-0.4, -0.2) is 9.38 Å². The fourth-order valence-electron chi connectivity index (χ4n) is 5.57. The van der Waals surface area contributed by atoms with Gasteiger partial charge in [-0.1, -0.05) is 105 Å². The van der Waals surface area contributed by atoms with E-state index in [9.17, 15) is 0 Å². The minimum Gasteiger partial charge on any atom is -0.432 e. The predicted molar refractivity (Wildman–Crippen MR) is 141 cm³/mol. The van der Waals surface area contributed by atoms with Gasteiger partial charge in [-0.15, -0.1) is 0 Å². The van der Waals surface area contributed by atoms with Crippen LogP contribution in [0.5, 0.6) is 0 Å². The second kappa shape index (κ2) is 7.31. The molecule has 0 fully saturated rings. The molecule has 0 radical (unpaired) electrons. The summed E-state index contributed by atoms with van der Waals surface area (Å²) in [5, 5.41) is 0. The maximum absolute atomic E-state index is 5.71. The molecule has 0 N–H and O–H groups in total. The van der Waals surface area contributed by atoms with Crippen LogP contribution >= 0.6 is 0 Å². The van der Waals surface area contributed by atoms with Crippen LogP contribution in [-0.2, 0) is 5.41 Å². The molecule has 7 rings (SSSR count). The van der Waals surface area contributed by atoms with Gasteiger partial charge in [0.2, 0.25) is 0 Å². The first-order valence-corrected chi connectivity index (χ1v) is 12.0. The van der Waals surface area contributed by atoms with E-state index >= 15 is 0 Å². The van der Waals surface area contributed by atoms with Crippen molar-refractivity contribution >= 4 is 5.84 Å². The number of oxazole rings is 1. The fourth-order valence-corrected chi connectivity index (χ4v) is 5.57. The Morgan fingerprint density at radius 1 is 0.657 bits per heavy atom. The average molecular weight is 453 g/mol. The monoisotopic (exact) mass is 452 g/mol. The van der Waals surface area contributed by atoms with Crippen LogP contribution in [0.4, 0.5) is 0 Å². The van der Waals surface area contributed by atoms with Crippen molar-refractivity contribution in [3.63, 3.8) is 0 Å². The molecular weight excluding hydrogens is 428 g/mol. The molecule has 2 aromatic heterocycles. The molecule has 4 aromatic carbocycles. The Bertz CT molecular complexity index is 1700. The van der Waals surface area contributed by atoms with E-state index in [1.807, 2.05) is 12.3 Å². The smallest absolute Gasteiger partial charge is 0.306 e. The van der Waals surface area contributed by atoms with Crippen LogP contribution in [0.1, 0.15) is 25.0 Å². The van der Waals surface area contributed by atoms with Crippen molar-refractivity contribution in [2.45, 2.75) is 19.3 Å². The van der Waals surface area contributed by atoms with Crippen LogP contribution in [0.3, 0.4) is 0 Å². The first-order valence-electron chi connectivity index (χ1n) is 12.0. The molecule has 0 saturated carbocycles. The highest BCUT2D eigenvalue weighted by Crippen LogP contribution is 2.50. The molecule has 0 saturated heterocycles. The van der Waals surface area contributed by atoms with E-state index in [1.54, 1.807) is 6.26 Å². The van der Waals surface area contributed by atoms with Crippen LogP contribution in [0.2, 0.25) is 0 Å². The van der Waals surface area contributed by atoms with Crippen molar-refractivity contribution in [2.24, 2.45) is 0 Å².